The van der Waals surface area contributed by atoms with Crippen LogP contribution >= 0.6 is 12.4 Å². The topological polar surface area (TPSA) is 41.1 Å². The van der Waals surface area contributed by atoms with E-state index >= 15 is 0 Å². The first-order valence-corrected chi connectivity index (χ1v) is 6.34. The van der Waals surface area contributed by atoms with Crippen LogP contribution in [0.4, 0.5) is 0 Å². The molecule has 0 aromatic carbocycles. The zero-order chi connectivity index (χ0) is 12.3. The van der Waals surface area contributed by atoms with Crippen molar-refractivity contribution in [2.75, 3.05) is 6.54 Å². The largest absolute Gasteiger partial charge is 0.353 e. The molecule has 1 saturated heterocycles. The fourth-order valence-corrected chi connectivity index (χ4v) is 1.98. The van der Waals surface area contributed by atoms with E-state index in [1.165, 1.54) is 0 Å². The number of nitrogens with one attached hydrogen (secondary N) is 2. The van der Waals surface area contributed by atoms with Gasteiger partial charge < -0.3 is 10.6 Å². The van der Waals surface area contributed by atoms with Crippen molar-refractivity contribution >= 4 is 18.3 Å². The van der Waals surface area contributed by atoms with Crippen molar-refractivity contribution in [2.24, 2.45) is 11.3 Å². The molecule has 0 radical (unpaired) electrons. The normalized spacial score (nSPS) is 26.9. The minimum atomic E-state index is 0. The van der Waals surface area contributed by atoms with E-state index < -0.39 is 0 Å². The first-order valence-electron chi connectivity index (χ1n) is 6.34. The monoisotopic (exact) mass is 262 g/mol. The summed E-state index contributed by atoms with van der Waals surface area (Å²) in [6, 6.07) is 0.873. The molecule has 0 bridgehead atoms. The molecule has 1 fully saturated rings. The van der Waals surface area contributed by atoms with E-state index in [1.807, 2.05) is 6.92 Å². The summed E-state index contributed by atoms with van der Waals surface area (Å²) in [4.78, 5) is 12.0. The predicted molar refractivity (Wildman–Crippen MR) is 74.5 cm³/mol. The molecule has 1 heterocycles. The van der Waals surface area contributed by atoms with Crippen LogP contribution in [0.2, 0.25) is 0 Å². The highest BCUT2D eigenvalue weighted by atomic mass is 35.5. The van der Waals surface area contributed by atoms with E-state index in [0.29, 0.717) is 12.1 Å². The first-order chi connectivity index (χ1) is 7.30. The van der Waals surface area contributed by atoms with Gasteiger partial charge in [0.2, 0.25) is 5.91 Å². The van der Waals surface area contributed by atoms with Crippen LogP contribution < -0.4 is 10.6 Å². The standard InChI is InChI=1S/C13H26N2O.ClH/c1-9-8-11(6-7-14-9)15-12(16)10(2)13(3,4)5;/h9-11,14H,6-8H2,1-5H3,(H,15,16);1H. The van der Waals surface area contributed by atoms with Crippen LogP contribution in [-0.4, -0.2) is 24.5 Å². The minimum absolute atomic E-state index is 0. The summed E-state index contributed by atoms with van der Waals surface area (Å²) in [6.45, 7) is 11.5. The van der Waals surface area contributed by atoms with Gasteiger partial charge in [0.15, 0.2) is 0 Å². The van der Waals surface area contributed by atoms with E-state index in [0.717, 1.165) is 19.4 Å². The zero-order valence-electron chi connectivity index (χ0n) is 11.7. The van der Waals surface area contributed by atoms with Gasteiger partial charge in [0.05, 0.1) is 0 Å². The molecule has 4 heteroatoms. The summed E-state index contributed by atoms with van der Waals surface area (Å²) >= 11 is 0. The number of hydrogen-bond acceptors (Lipinski definition) is 2. The maximum Gasteiger partial charge on any atom is 0.223 e. The Morgan fingerprint density at radius 3 is 2.47 bits per heavy atom. The van der Waals surface area contributed by atoms with Crippen LogP contribution in [0.1, 0.15) is 47.5 Å². The second-order valence-electron chi connectivity index (χ2n) is 6.17. The van der Waals surface area contributed by atoms with E-state index in [9.17, 15) is 4.79 Å². The Bertz CT molecular complexity index is 250. The number of amides is 1. The maximum absolute atomic E-state index is 12.0. The van der Waals surface area contributed by atoms with Gasteiger partial charge in [-0.1, -0.05) is 27.7 Å². The highest BCUT2D eigenvalue weighted by molar-refractivity contribution is 5.85. The van der Waals surface area contributed by atoms with Gasteiger partial charge in [-0.15, -0.1) is 12.4 Å². The summed E-state index contributed by atoms with van der Waals surface area (Å²) in [6.07, 6.45) is 2.09. The fraction of sp³-hybridized carbons (Fsp3) is 0.923. The number of halogens is 1. The molecule has 1 aliphatic heterocycles. The van der Waals surface area contributed by atoms with E-state index in [4.69, 9.17) is 0 Å². The molecule has 1 amide bonds. The molecule has 102 valence electrons. The molecule has 3 unspecified atom stereocenters. The Kier molecular flexibility index (Phi) is 6.49. The fourth-order valence-electron chi connectivity index (χ4n) is 1.98. The van der Waals surface area contributed by atoms with Gasteiger partial charge >= 0.3 is 0 Å². The van der Waals surface area contributed by atoms with Gasteiger partial charge in [-0.3, -0.25) is 4.79 Å². The smallest absolute Gasteiger partial charge is 0.223 e. The second-order valence-corrected chi connectivity index (χ2v) is 6.17. The van der Waals surface area contributed by atoms with Crippen molar-refractivity contribution in [3.63, 3.8) is 0 Å². The second kappa shape index (κ2) is 6.60. The summed E-state index contributed by atoms with van der Waals surface area (Å²) in [7, 11) is 0. The molecule has 0 aromatic rings. The molecule has 3 nitrogen and oxygen atoms in total. The van der Waals surface area contributed by atoms with Crippen LogP contribution in [0, 0.1) is 11.3 Å². The van der Waals surface area contributed by atoms with Crippen molar-refractivity contribution in [1.29, 1.82) is 0 Å². The molecule has 17 heavy (non-hydrogen) atoms. The molecular formula is C13H27ClN2O. The highest BCUT2D eigenvalue weighted by Gasteiger charge is 2.29. The lowest BCUT2D eigenvalue weighted by Crippen LogP contribution is -2.49. The average Bonchev–Trinajstić information content (AvgIpc) is 2.15. The minimum Gasteiger partial charge on any atom is -0.353 e. The molecule has 2 N–H and O–H groups in total. The molecule has 1 aliphatic rings. The molecule has 1 rings (SSSR count). The average molecular weight is 263 g/mol. The maximum atomic E-state index is 12.0. The van der Waals surface area contributed by atoms with Gasteiger partial charge in [0.25, 0.3) is 0 Å². The lowest BCUT2D eigenvalue weighted by Gasteiger charge is -2.32. The number of carbonyl (C=O) groups is 1. The Hall–Kier alpha value is -0.280. The van der Waals surface area contributed by atoms with Crippen LogP contribution in [0.3, 0.4) is 0 Å². The number of hydrogen-bond donors (Lipinski definition) is 2. The van der Waals surface area contributed by atoms with Crippen molar-refractivity contribution in [3.8, 4) is 0 Å². The Morgan fingerprint density at radius 1 is 1.41 bits per heavy atom. The van der Waals surface area contributed by atoms with E-state index in [2.05, 4.69) is 38.3 Å². The van der Waals surface area contributed by atoms with Gasteiger partial charge in [-0.25, -0.2) is 0 Å². The molecule has 0 saturated carbocycles. The van der Waals surface area contributed by atoms with Crippen molar-refractivity contribution in [2.45, 2.75) is 59.5 Å². The molecule has 0 aromatic heterocycles. The summed E-state index contributed by atoms with van der Waals surface area (Å²) in [5.74, 6) is 0.268. The van der Waals surface area contributed by atoms with Crippen LogP contribution in [0.25, 0.3) is 0 Å². The van der Waals surface area contributed by atoms with Crippen LogP contribution in [-0.2, 0) is 4.79 Å². The van der Waals surface area contributed by atoms with Crippen LogP contribution in [0.5, 0.6) is 0 Å². The van der Waals surface area contributed by atoms with Gasteiger partial charge in [0, 0.05) is 18.0 Å². The van der Waals surface area contributed by atoms with Crippen LogP contribution in [0.15, 0.2) is 0 Å². The quantitative estimate of drug-likeness (QED) is 0.802. The summed E-state index contributed by atoms with van der Waals surface area (Å²) < 4.78 is 0. The lowest BCUT2D eigenvalue weighted by molar-refractivity contribution is -0.128. The van der Waals surface area contributed by atoms with Crippen molar-refractivity contribution in [1.82, 2.24) is 10.6 Å². The molecule has 0 aliphatic carbocycles. The van der Waals surface area contributed by atoms with E-state index in [-0.39, 0.29) is 29.6 Å². The Morgan fingerprint density at radius 2 is 2.00 bits per heavy atom. The summed E-state index contributed by atoms with van der Waals surface area (Å²) in [5.41, 5.74) is 0.0443. The third kappa shape index (κ3) is 5.26. The number of rotatable bonds is 2. The van der Waals surface area contributed by atoms with Crippen molar-refractivity contribution in [3.05, 3.63) is 0 Å². The van der Waals surface area contributed by atoms with E-state index in [1.54, 1.807) is 0 Å². The molecule has 3 atom stereocenters. The SMILES string of the molecule is CC1CC(NC(=O)C(C)C(C)(C)C)CCN1.Cl. The Balaban J connectivity index is 0.00000256. The molecule has 0 spiro atoms. The predicted octanol–water partition coefficient (Wildman–Crippen LogP) is 2.35. The third-order valence-electron chi connectivity index (χ3n) is 3.66. The molecular weight excluding hydrogens is 236 g/mol. The van der Waals surface area contributed by atoms with Gasteiger partial charge in [-0.2, -0.15) is 0 Å². The van der Waals surface area contributed by atoms with Gasteiger partial charge in [-0.05, 0) is 31.7 Å². The number of piperidine rings is 1. The summed E-state index contributed by atoms with van der Waals surface area (Å²) in [5, 5.41) is 6.57. The highest BCUT2D eigenvalue weighted by Crippen LogP contribution is 2.25. The Labute approximate surface area is 112 Å². The van der Waals surface area contributed by atoms with Gasteiger partial charge in [0.1, 0.15) is 0 Å². The zero-order valence-corrected chi connectivity index (χ0v) is 12.5. The lowest BCUT2D eigenvalue weighted by atomic mass is 9.81. The third-order valence-corrected chi connectivity index (χ3v) is 3.66. The van der Waals surface area contributed by atoms with Crippen molar-refractivity contribution < 1.29 is 4.79 Å². The number of carbonyl (C=O) groups excluding carboxylic acids is 1. The first kappa shape index (κ1) is 16.7.